The third-order valence-electron chi connectivity index (χ3n) is 4.16. The molecular formula is C16H22N6O. The number of urea groups is 1. The van der Waals surface area contributed by atoms with E-state index in [4.69, 9.17) is 5.73 Å². The number of nitrogens with zero attached hydrogens (tertiary/aromatic N) is 4. The number of rotatable bonds is 2. The minimum Gasteiger partial charge on any atom is -0.368 e. The summed E-state index contributed by atoms with van der Waals surface area (Å²) in [6.45, 7) is 5.21. The summed E-state index contributed by atoms with van der Waals surface area (Å²) in [6.07, 6.45) is 1.66. The molecule has 0 atom stereocenters. The van der Waals surface area contributed by atoms with Crippen LogP contribution in [-0.4, -0.2) is 38.8 Å². The quantitative estimate of drug-likeness (QED) is 0.890. The summed E-state index contributed by atoms with van der Waals surface area (Å²) in [5, 5.41) is 7.28. The number of nitrogen functional groups attached to an aromatic ring is 1. The SMILES string of the molecule is Cc1ccc(NC(=O)N2CCC(n3nc(C)nc3N)CC2)cc1. The largest absolute Gasteiger partial charge is 0.368 e. The third-order valence-corrected chi connectivity index (χ3v) is 4.16. The average Bonchev–Trinajstić information content (AvgIpc) is 2.88. The number of hydrogen-bond donors (Lipinski definition) is 2. The number of carbonyl (C=O) groups is 1. The van der Waals surface area contributed by atoms with Gasteiger partial charge < -0.3 is 16.0 Å². The van der Waals surface area contributed by atoms with Crippen LogP contribution in [0.4, 0.5) is 16.4 Å². The Morgan fingerprint density at radius 1 is 1.22 bits per heavy atom. The Balaban J connectivity index is 1.57. The van der Waals surface area contributed by atoms with Crippen molar-refractivity contribution in [1.82, 2.24) is 19.7 Å². The standard InChI is InChI=1S/C16H22N6O/c1-11-3-5-13(6-4-11)19-16(23)21-9-7-14(8-10-21)22-15(17)18-12(2)20-22/h3-6,14H,7-10H2,1-2H3,(H,19,23)(H2,17,18,20). The Labute approximate surface area is 135 Å². The van der Waals surface area contributed by atoms with Crippen molar-refractivity contribution in [1.29, 1.82) is 0 Å². The van der Waals surface area contributed by atoms with Crippen LogP contribution in [0, 0.1) is 13.8 Å². The predicted molar refractivity (Wildman–Crippen MR) is 89.2 cm³/mol. The van der Waals surface area contributed by atoms with Gasteiger partial charge in [0, 0.05) is 18.8 Å². The molecule has 2 aromatic rings. The number of nitrogens with one attached hydrogen (secondary N) is 1. The van der Waals surface area contributed by atoms with Gasteiger partial charge in [-0.25, -0.2) is 9.48 Å². The topological polar surface area (TPSA) is 89.1 Å². The summed E-state index contributed by atoms with van der Waals surface area (Å²) in [6, 6.07) is 7.95. The molecule has 1 fully saturated rings. The van der Waals surface area contributed by atoms with Gasteiger partial charge in [0.05, 0.1) is 6.04 Å². The van der Waals surface area contributed by atoms with Gasteiger partial charge in [-0.15, -0.1) is 0 Å². The van der Waals surface area contributed by atoms with Crippen molar-refractivity contribution < 1.29 is 4.79 Å². The molecule has 2 amide bonds. The van der Waals surface area contributed by atoms with Gasteiger partial charge in [0.2, 0.25) is 5.95 Å². The number of likely N-dealkylation sites (tertiary alicyclic amines) is 1. The molecule has 7 nitrogen and oxygen atoms in total. The average molecular weight is 314 g/mol. The summed E-state index contributed by atoms with van der Waals surface area (Å²) in [5.74, 6) is 1.13. The van der Waals surface area contributed by atoms with E-state index in [0.29, 0.717) is 24.9 Å². The first-order valence-electron chi connectivity index (χ1n) is 7.84. The Morgan fingerprint density at radius 3 is 2.43 bits per heavy atom. The van der Waals surface area contributed by atoms with E-state index in [0.717, 1.165) is 18.5 Å². The Hall–Kier alpha value is -2.57. The first-order chi connectivity index (χ1) is 11.0. The second-order valence-electron chi connectivity index (χ2n) is 5.98. The van der Waals surface area contributed by atoms with Gasteiger partial charge in [-0.3, -0.25) is 0 Å². The van der Waals surface area contributed by atoms with Gasteiger partial charge in [-0.05, 0) is 38.8 Å². The molecule has 2 heterocycles. The first-order valence-corrected chi connectivity index (χ1v) is 7.84. The van der Waals surface area contributed by atoms with Crippen LogP contribution >= 0.6 is 0 Å². The maximum Gasteiger partial charge on any atom is 0.321 e. The normalized spacial score (nSPS) is 15.7. The summed E-state index contributed by atoms with van der Waals surface area (Å²) >= 11 is 0. The molecule has 0 radical (unpaired) electrons. The van der Waals surface area contributed by atoms with E-state index in [2.05, 4.69) is 15.4 Å². The van der Waals surface area contributed by atoms with E-state index < -0.39 is 0 Å². The smallest absolute Gasteiger partial charge is 0.321 e. The maximum absolute atomic E-state index is 12.3. The van der Waals surface area contributed by atoms with E-state index in [1.807, 2.05) is 43.0 Å². The van der Waals surface area contributed by atoms with E-state index in [9.17, 15) is 4.79 Å². The highest BCUT2D eigenvalue weighted by molar-refractivity contribution is 5.89. The molecule has 3 N–H and O–H groups in total. The number of carbonyl (C=O) groups excluding carboxylic acids is 1. The molecular weight excluding hydrogens is 292 g/mol. The second kappa shape index (κ2) is 6.28. The van der Waals surface area contributed by atoms with Gasteiger partial charge in [0.15, 0.2) is 0 Å². The first kappa shape index (κ1) is 15.3. The number of aromatic nitrogens is 3. The minimum absolute atomic E-state index is 0.0601. The van der Waals surface area contributed by atoms with Crippen molar-refractivity contribution in [2.45, 2.75) is 32.7 Å². The van der Waals surface area contributed by atoms with Crippen molar-refractivity contribution >= 4 is 17.7 Å². The van der Waals surface area contributed by atoms with Crippen molar-refractivity contribution in [3.05, 3.63) is 35.7 Å². The van der Waals surface area contributed by atoms with Crippen LogP contribution in [0.5, 0.6) is 0 Å². The number of amides is 2. The van der Waals surface area contributed by atoms with Gasteiger partial charge >= 0.3 is 6.03 Å². The van der Waals surface area contributed by atoms with Gasteiger partial charge in [0.25, 0.3) is 0 Å². The van der Waals surface area contributed by atoms with Crippen LogP contribution in [0.3, 0.4) is 0 Å². The molecule has 3 rings (SSSR count). The number of nitrogens with two attached hydrogens (primary N) is 1. The van der Waals surface area contributed by atoms with Crippen LogP contribution in [0.25, 0.3) is 0 Å². The van der Waals surface area contributed by atoms with Crippen LogP contribution in [-0.2, 0) is 0 Å². The summed E-state index contributed by atoms with van der Waals surface area (Å²) in [5.41, 5.74) is 7.87. The lowest BCUT2D eigenvalue weighted by atomic mass is 10.1. The number of aryl methyl sites for hydroxylation is 2. The second-order valence-corrected chi connectivity index (χ2v) is 5.98. The van der Waals surface area contributed by atoms with Crippen LogP contribution in [0.1, 0.15) is 30.3 Å². The Bertz CT molecular complexity index is 685. The summed E-state index contributed by atoms with van der Waals surface area (Å²) in [4.78, 5) is 18.3. The zero-order valence-corrected chi connectivity index (χ0v) is 13.5. The Kier molecular flexibility index (Phi) is 4.18. The molecule has 0 saturated carbocycles. The van der Waals surface area contributed by atoms with Gasteiger partial charge in [0.1, 0.15) is 5.82 Å². The molecule has 1 aliphatic heterocycles. The van der Waals surface area contributed by atoms with Gasteiger partial charge in [-0.1, -0.05) is 17.7 Å². The summed E-state index contributed by atoms with van der Waals surface area (Å²) < 4.78 is 1.78. The van der Waals surface area contributed by atoms with E-state index in [1.165, 1.54) is 5.56 Å². The van der Waals surface area contributed by atoms with E-state index in [1.54, 1.807) is 4.68 Å². The van der Waals surface area contributed by atoms with E-state index >= 15 is 0 Å². The van der Waals surface area contributed by atoms with Crippen molar-refractivity contribution in [2.75, 3.05) is 24.1 Å². The number of piperidine rings is 1. The van der Waals surface area contributed by atoms with Crippen molar-refractivity contribution in [2.24, 2.45) is 0 Å². The number of benzene rings is 1. The lowest BCUT2D eigenvalue weighted by molar-refractivity contribution is 0.181. The van der Waals surface area contributed by atoms with Crippen molar-refractivity contribution in [3.63, 3.8) is 0 Å². The maximum atomic E-state index is 12.3. The molecule has 7 heteroatoms. The van der Waals surface area contributed by atoms with Crippen LogP contribution < -0.4 is 11.1 Å². The molecule has 23 heavy (non-hydrogen) atoms. The zero-order valence-electron chi connectivity index (χ0n) is 13.5. The van der Waals surface area contributed by atoms with Crippen molar-refractivity contribution in [3.8, 4) is 0 Å². The lowest BCUT2D eigenvalue weighted by Crippen LogP contribution is -2.41. The van der Waals surface area contributed by atoms with Crippen LogP contribution in [0.2, 0.25) is 0 Å². The number of hydrogen-bond acceptors (Lipinski definition) is 4. The molecule has 0 bridgehead atoms. The highest BCUT2D eigenvalue weighted by Gasteiger charge is 2.25. The number of anilines is 2. The highest BCUT2D eigenvalue weighted by atomic mass is 16.2. The molecule has 1 aromatic carbocycles. The third kappa shape index (κ3) is 3.44. The predicted octanol–water partition coefficient (Wildman–Crippen LogP) is 2.35. The molecule has 0 unspecified atom stereocenters. The molecule has 1 aromatic heterocycles. The van der Waals surface area contributed by atoms with Gasteiger partial charge in [-0.2, -0.15) is 10.1 Å². The summed E-state index contributed by atoms with van der Waals surface area (Å²) in [7, 11) is 0. The van der Waals surface area contributed by atoms with Crippen LogP contribution in [0.15, 0.2) is 24.3 Å². The lowest BCUT2D eigenvalue weighted by Gasteiger charge is -2.32. The fourth-order valence-electron chi connectivity index (χ4n) is 2.87. The molecule has 0 spiro atoms. The minimum atomic E-state index is -0.0601. The monoisotopic (exact) mass is 314 g/mol. The fourth-order valence-corrected chi connectivity index (χ4v) is 2.87. The zero-order chi connectivity index (χ0) is 16.4. The molecule has 1 saturated heterocycles. The highest BCUT2D eigenvalue weighted by Crippen LogP contribution is 2.24. The molecule has 1 aliphatic rings. The van der Waals surface area contributed by atoms with E-state index in [-0.39, 0.29) is 12.1 Å². The Morgan fingerprint density at radius 2 is 1.87 bits per heavy atom. The fraction of sp³-hybridized carbons (Fsp3) is 0.438. The molecule has 122 valence electrons. The molecule has 0 aliphatic carbocycles.